The van der Waals surface area contributed by atoms with Gasteiger partial charge in [0, 0.05) is 30.6 Å². The van der Waals surface area contributed by atoms with Gasteiger partial charge in [0.2, 0.25) is 5.89 Å². The van der Waals surface area contributed by atoms with Crippen LogP contribution < -0.4 is 4.31 Å². The predicted octanol–water partition coefficient (Wildman–Crippen LogP) is 4.17. The molecule has 3 heterocycles. The minimum Gasteiger partial charge on any atom is -0.403 e. The van der Waals surface area contributed by atoms with Gasteiger partial charge in [-0.15, -0.1) is 15.3 Å². The number of halogens is 1. The molecule has 5 aromatic rings. The molecule has 0 fully saturated rings. The van der Waals surface area contributed by atoms with Crippen LogP contribution in [-0.4, -0.2) is 45.4 Å². The molecule has 0 spiro atoms. The summed E-state index contributed by atoms with van der Waals surface area (Å²) in [7, 11) is -2.99. The molecule has 35 heavy (non-hydrogen) atoms. The first-order chi connectivity index (χ1) is 16.9. The van der Waals surface area contributed by atoms with Crippen LogP contribution in [0.5, 0.6) is 0 Å². The molecule has 0 saturated carbocycles. The standard InChI is InChI=1S/C23H18ClN7O3S/c1-15-7-9-17(10-8-15)21-27-28-22(34-21)30(2)35(32,33)23-29-26-20(16-11-13-25-14-12-16)31(23)19-6-4-3-5-18(19)24/h3-14H,1-2H3. The van der Waals surface area contributed by atoms with Crippen molar-refractivity contribution in [1.82, 2.24) is 29.9 Å². The fraction of sp³-hybridized carbons (Fsp3) is 0.0870. The summed E-state index contributed by atoms with van der Waals surface area (Å²) in [5.74, 6) is 0.463. The highest BCUT2D eigenvalue weighted by Gasteiger charge is 2.34. The van der Waals surface area contributed by atoms with Gasteiger partial charge in [-0.25, -0.2) is 4.31 Å². The predicted molar refractivity (Wildman–Crippen MR) is 130 cm³/mol. The molecule has 0 aliphatic heterocycles. The van der Waals surface area contributed by atoms with Crippen LogP contribution in [-0.2, 0) is 10.0 Å². The van der Waals surface area contributed by atoms with E-state index in [1.807, 2.05) is 31.2 Å². The zero-order chi connectivity index (χ0) is 24.6. The van der Waals surface area contributed by atoms with Gasteiger partial charge < -0.3 is 4.42 Å². The number of nitrogens with zero attached hydrogens (tertiary/aromatic N) is 7. The van der Waals surface area contributed by atoms with E-state index in [1.54, 1.807) is 48.8 Å². The Balaban J connectivity index is 1.61. The molecule has 5 rings (SSSR count). The van der Waals surface area contributed by atoms with E-state index in [0.29, 0.717) is 21.8 Å². The van der Waals surface area contributed by atoms with Crippen molar-refractivity contribution < 1.29 is 12.8 Å². The van der Waals surface area contributed by atoms with Crippen molar-refractivity contribution in [3.8, 4) is 28.5 Å². The van der Waals surface area contributed by atoms with Gasteiger partial charge in [0.15, 0.2) is 5.82 Å². The van der Waals surface area contributed by atoms with Crippen molar-refractivity contribution >= 4 is 27.6 Å². The van der Waals surface area contributed by atoms with Gasteiger partial charge in [0.1, 0.15) is 0 Å². The number of aryl methyl sites for hydroxylation is 1. The monoisotopic (exact) mass is 507 g/mol. The topological polar surface area (TPSA) is 120 Å². The van der Waals surface area contributed by atoms with Crippen molar-refractivity contribution in [2.45, 2.75) is 12.1 Å². The third-order valence-corrected chi connectivity index (χ3v) is 7.16. The zero-order valence-electron chi connectivity index (χ0n) is 18.6. The third-order valence-electron chi connectivity index (χ3n) is 5.24. The molecule has 176 valence electrons. The summed E-state index contributed by atoms with van der Waals surface area (Å²) < 4.78 is 35.3. The SMILES string of the molecule is Cc1ccc(-c2nnc(N(C)S(=O)(=O)c3nnc(-c4ccncc4)n3-c3ccccc3Cl)o2)cc1. The maximum atomic E-state index is 13.7. The molecule has 0 aliphatic carbocycles. The Bertz CT molecular complexity index is 1600. The number of anilines is 1. The fourth-order valence-corrected chi connectivity index (χ4v) is 4.66. The smallest absolute Gasteiger partial charge is 0.332 e. The second-order valence-corrected chi connectivity index (χ2v) is 9.83. The van der Waals surface area contributed by atoms with Gasteiger partial charge in [0.05, 0.1) is 10.7 Å². The molecule has 0 bridgehead atoms. The van der Waals surface area contributed by atoms with E-state index in [-0.39, 0.29) is 22.9 Å². The van der Waals surface area contributed by atoms with Gasteiger partial charge in [-0.05, 0) is 43.3 Å². The molecular formula is C23H18ClN7O3S. The molecule has 2 aromatic carbocycles. The number of pyridine rings is 1. The Labute approximate surface area is 205 Å². The Morgan fingerprint density at radius 1 is 0.886 bits per heavy atom. The lowest BCUT2D eigenvalue weighted by atomic mass is 10.1. The number of rotatable bonds is 6. The van der Waals surface area contributed by atoms with Gasteiger partial charge >= 0.3 is 16.0 Å². The van der Waals surface area contributed by atoms with Gasteiger partial charge in [-0.3, -0.25) is 9.55 Å². The van der Waals surface area contributed by atoms with Crippen LogP contribution in [0.2, 0.25) is 5.02 Å². The van der Waals surface area contributed by atoms with E-state index in [0.717, 1.165) is 9.87 Å². The van der Waals surface area contributed by atoms with Crippen molar-refractivity contribution in [2.75, 3.05) is 11.4 Å². The minimum absolute atomic E-state index is 0.187. The van der Waals surface area contributed by atoms with E-state index < -0.39 is 10.0 Å². The summed E-state index contributed by atoms with van der Waals surface area (Å²) in [6.07, 6.45) is 3.15. The average molecular weight is 508 g/mol. The van der Waals surface area contributed by atoms with Crippen molar-refractivity contribution in [3.05, 3.63) is 83.6 Å². The molecule has 10 nitrogen and oxygen atoms in total. The largest absolute Gasteiger partial charge is 0.403 e. The summed E-state index contributed by atoms with van der Waals surface area (Å²) in [4.78, 5) is 4.01. The fourth-order valence-electron chi connectivity index (χ4n) is 3.36. The molecule has 0 amide bonds. The highest BCUT2D eigenvalue weighted by atomic mass is 35.5. The van der Waals surface area contributed by atoms with Crippen LogP contribution in [0.3, 0.4) is 0 Å². The number of aromatic nitrogens is 6. The lowest BCUT2D eigenvalue weighted by Crippen LogP contribution is -2.29. The first-order valence-electron chi connectivity index (χ1n) is 10.4. The zero-order valence-corrected chi connectivity index (χ0v) is 20.1. The van der Waals surface area contributed by atoms with E-state index in [1.165, 1.54) is 11.6 Å². The van der Waals surface area contributed by atoms with Gasteiger partial charge in [-0.2, -0.15) is 8.42 Å². The number of benzene rings is 2. The molecule has 0 saturated heterocycles. The Morgan fingerprint density at radius 2 is 1.60 bits per heavy atom. The lowest BCUT2D eigenvalue weighted by Gasteiger charge is -2.16. The first kappa shape index (κ1) is 22.7. The number of hydrogen-bond donors (Lipinski definition) is 0. The lowest BCUT2D eigenvalue weighted by molar-refractivity contribution is 0.553. The van der Waals surface area contributed by atoms with E-state index >= 15 is 0 Å². The van der Waals surface area contributed by atoms with Gasteiger partial charge in [-0.1, -0.05) is 46.5 Å². The Kier molecular flexibility index (Phi) is 5.79. The summed E-state index contributed by atoms with van der Waals surface area (Å²) in [6.45, 7) is 1.96. The summed E-state index contributed by atoms with van der Waals surface area (Å²) >= 11 is 6.44. The minimum atomic E-state index is -4.30. The molecule has 0 N–H and O–H groups in total. The van der Waals surface area contributed by atoms with Crippen molar-refractivity contribution in [1.29, 1.82) is 0 Å². The molecule has 3 aromatic heterocycles. The number of para-hydroxylation sites is 1. The molecule has 0 atom stereocenters. The molecular weight excluding hydrogens is 490 g/mol. The number of sulfonamides is 1. The summed E-state index contributed by atoms with van der Waals surface area (Å²) in [5.41, 5.74) is 2.73. The highest BCUT2D eigenvalue weighted by Crippen LogP contribution is 2.31. The van der Waals surface area contributed by atoms with E-state index in [2.05, 4.69) is 25.4 Å². The van der Waals surface area contributed by atoms with Gasteiger partial charge in [0.25, 0.3) is 5.16 Å². The van der Waals surface area contributed by atoms with E-state index in [4.69, 9.17) is 16.0 Å². The molecule has 0 radical (unpaired) electrons. The van der Waals surface area contributed by atoms with Crippen LogP contribution in [0, 0.1) is 6.92 Å². The quantitative estimate of drug-likeness (QED) is 0.336. The summed E-state index contributed by atoms with van der Waals surface area (Å²) in [5, 5.41) is 16.1. The van der Waals surface area contributed by atoms with E-state index in [9.17, 15) is 8.42 Å². The molecule has 0 aliphatic rings. The third kappa shape index (κ3) is 4.15. The van der Waals surface area contributed by atoms with Crippen LogP contribution >= 0.6 is 11.6 Å². The first-order valence-corrected chi connectivity index (χ1v) is 12.2. The van der Waals surface area contributed by atoms with Crippen molar-refractivity contribution in [3.63, 3.8) is 0 Å². The maximum Gasteiger partial charge on any atom is 0.332 e. The Hall–Kier alpha value is -4.09. The van der Waals surface area contributed by atoms with Crippen LogP contribution in [0.15, 0.2) is 82.6 Å². The summed E-state index contributed by atoms with van der Waals surface area (Å²) in [6, 6.07) is 17.4. The van der Waals surface area contributed by atoms with Crippen LogP contribution in [0.25, 0.3) is 28.5 Å². The normalized spacial score (nSPS) is 11.5. The maximum absolute atomic E-state index is 13.7. The van der Waals surface area contributed by atoms with Crippen molar-refractivity contribution in [2.24, 2.45) is 0 Å². The van der Waals surface area contributed by atoms with Crippen LogP contribution in [0.1, 0.15) is 5.56 Å². The molecule has 0 unspecified atom stereocenters. The number of hydrogen-bond acceptors (Lipinski definition) is 8. The second kappa shape index (κ2) is 8.93. The Morgan fingerprint density at radius 3 is 2.31 bits per heavy atom. The average Bonchev–Trinajstić information content (AvgIpc) is 3.53. The molecule has 12 heteroatoms. The second-order valence-electron chi connectivity index (χ2n) is 7.56. The van der Waals surface area contributed by atoms with Crippen LogP contribution in [0.4, 0.5) is 6.01 Å². The highest BCUT2D eigenvalue weighted by molar-refractivity contribution is 7.92.